The lowest BCUT2D eigenvalue weighted by Crippen LogP contribution is -2.37. The Morgan fingerprint density at radius 1 is 1.09 bits per heavy atom. The van der Waals surface area contributed by atoms with Gasteiger partial charge >= 0.3 is 0 Å². The van der Waals surface area contributed by atoms with Gasteiger partial charge in [0.05, 0.1) is 13.7 Å². The Morgan fingerprint density at radius 3 is 2.57 bits per heavy atom. The van der Waals surface area contributed by atoms with Crippen LogP contribution >= 0.6 is 0 Å². The molecule has 5 nitrogen and oxygen atoms in total. The van der Waals surface area contributed by atoms with Gasteiger partial charge in [-0.2, -0.15) is 0 Å². The zero-order valence-corrected chi connectivity index (χ0v) is 14.9. The van der Waals surface area contributed by atoms with Crippen molar-refractivity contribution >= 4 is 5.96 Å². The van der Waals surface area contributed by atoms with E-state index in [4.69, 9.17) is 9.47 Å². The average Bonchev–Trinajstić information content (AvgIpc) is 2.58. The second kappa shape index (κ2) is 11.6. The summed E-state index contributed by atoms with van der Waals surface area (Å²) in [6.45, 7) is 6.45. The van der Waals surface area contributed by atoms with Crippen molar-refractivity contribution in [2.75, 3.05) is 27.3 Å². The standard InChI is InChI=1S/C18H31N3O2/c1-5-7-8-9-12-20-18(19-3)21-14-15-10-11-16(23-6-2)17(13-15)22-4/h10-11,13H,5-9,12,14H2,1-4H3,(H2,19,20,21). The highest BCUT2D eigenvalue weighted by Crippen LogP contribution is 2.27. The molecule has 1 rings (SSSR count). The molecule has 130 valence electrons. The Labute approximate surface area is 140 Å². The molecule has 0 aliphatic rings. The molecular weight excluding hydrogens is 290 g/mol. The Balaban J connectivity index is 2.46. The van der Waals surface area contributed by atoms with Gasteiger partial charge in [-0.3, -0.25) is 4.99 Å². The number of ether oxygens (including phenoxy) is 2. The third kappa shape index (κ3) is 7.26. The summed E-state index contributed by atoms with van der Waals surface area (Å²) in [5.41, 5.74) is 1.12. The van der Waals surface area contributed by atoms with Gasteiger partial charge in [-0.25, -0.2) is 0 Å². The summed E-state index contributed by atoms with van der Waals surface area (Å²) < 4.78 is 10.9. The first-order chi connectivity index (χ1) is 11.2. The summed E-state index contributed by atoms with van der Waals surface area (Å²) in [7, 11) is 3.45. The summed E-state index contributed by atoms with van der Waals surface area (Å²) in [4.78, 5) is 4.25. The fraction of sp³-hybridized carbons (Fsp3) is 0.611. The van der Waals surface area contributed by atoms with Crippen LogP contribution in [0.3, 0.4) is 0 Å². The van der Waals surface area contributed by atoms with Crippen molar-refractivity contribution < 1.29 is 9.47 Å². The maximum atomic E-state index is 5.53. The largest absolute Gasteiger partial charge is 0.493 e. The van der Waals surface area contributed by atoms with Crippen molar-refractivity contribution in [1.82, 2.24) is 10.6 Å². The smallest absolute Gasteiger partial charge is 0.191 e. The Hall–Kier alpha value is -1.91. The number of nitrogens with one attached hydrogen (secondary N) is 2. The number of unbranched alkanes of at least 4 members (excludes halogenated alkanes) is 3. The summed E-state index contributed by atoms with van der Waals surface area (Å²) >= 11 is 0. The Morgan fingerprint density at radius 2 is 1.91 bits per heavy atom. The molecule has 1 aromatic carbocycles. The highest BCUT2D eigenvalue weighted by molar-refractivity contribution is 5.79. The minimum absolute atomic E-state index is 0.628. The van der Waals surface area contributed by atoms with Gasteiger partial charge in [-0.05, 0) is 31.0 Å². The van der Waals surface area contributed by atoms with Crippen LogP contribution in [0, 0.1) is 0 Å². The number of hydrogen-bond acceptors (Lipinski definition) is 3. The van der Waals surface area contributed by atoms with E-state index in [2.05, 4.69) is 22.5 Å². The molecule has 2 N–H and O–H groups in total. The normalized spacial score (nSPS) is 11.2. The minimum Gasteiger partial charge on any atom is -0.493 e. The molecule has 0 aliphatic carbocycles. The summed E-state index contributed by atoms with van der Waals surface area (Å²) in [5, 5.41) is 6.66. The first kappa shape index (κ1) is 19.1. The number of methoxy groups -OCH3 is 1. The molecule has 1 aromatic rings. The van der Waals surface area contributed by atoms with Gasteiger partial charge in [0, 0.05) is 20.1 Å². The molecule has 0 bridgehead atoms. The molecule has 0 radical (unpaired) electrons. The zero-order valence-electron chi connectivity index (χ0n) is 14.9. The number of guanidine groups is 1. The summed E-state index contributed by atoms with van der Waals surface area (Å²) in [5.74, 6) is 2.36. The molecular formula is C18H31N3O2. The maximum absolute atomic E-state index is 5.53. The van der Waals surface area contributed by atoms with E-state index in [9.17, 15) is 0 Å². The molecule has 0 saturated heterocycles. The van der Waals surface area contributed by atoms with Crippen LogP contribution in [0.2, 0.25) is 0 Å². The highest BCUT2D eigenvalue weighted by Gasteiger charge is 2.06. The second-order valence-electron chi connectivity index (χ2n) is 5.33. The molecule has 0 amide bonds. The quantitative estimate of drug-likeness (QED) is 0.394. The zero-order chi connectivity index (χ0) is 16.9. The monoisotopic (exact) mass is 321 g/mol. The topological polar surface area (TPSA) is 54.9 Å². The molecule has 0 unspecified atom stereocenters. The first-order valence-electron chi connectivity index (χ1n) is 8.49. The summed E-state index contributed by atoms with van der Waals surface area (Å²) in [6.07, 6.45) is 4.98. The van der Waals surface area contributed by atoms with Gasteiger partial charge in [-0.1, -0.05) is 32.3 Å². The van der Waals surface area contributed by atoms with Crippen LogP contribution in [0.4, 0.5) is 0 Å². The van der Waals surface area contributed by atoms with Crippen molar-refractivity contribution in [1.29, 1.82) is 0 Å². The first-order valence-corrected chi connectivity index (χ1v) is 8.49. The number of hydrogen-bond donors (Lipinski definition) is 2. The lowest BCUT2D eigenvalue weighted by Gasteiger charge is -2.14. The molecule has 23 heavy (non-hydrogen) atoms. The lowest BCUT2D eigenvalue weighted by molar-refractivity contribution is 0.310. The van der Waals surface area contributed by atoms with Crippen molar-refractivity contribution in [3.8, 4) is 11.5 Å². The minimum atomic E-state index is 0.628. The van der Waals surface area contributed by atoms with Gasteiger partial charge < -0.3 is 20.1 Å². The second-order valence-corrected chi connectivity index (χ2v) is 5.33. The van der Waals surface area contributed by atoms with E-state index in [1.165, 1.54) is 25.7 Å². The molecule has 0 fully saturated rings. The van der Waals surface area contributed by atoms with Crippen LogP contribution in [-0.4, -0.2) is 33.3 Å². The third-order valence-corrected chi connectivity index (χ3v) is 3.53. The number of aliphatic imine (C=N–C) groups is 1. The molecule has 0 spiro atoms. The molecule has 0 saturated carbocycles. The lowest BCUT2D eigenvalue weighted by atomic mass is 10.2. The van der Waals surface area contributed by atoms with Gasteiger partial charge in [-0.15, -0.1) is 0 Å². The number of nitrogens with zero attached hydrogens (tertiary/aromatic N) is 1. The van der Waals surface area contributed by atoms with Crippen LogP contribution in [-0.2, 0) is 6.54 Å². The van der Waals surface area contributed by atoms with Crippen LogP contribution in [0.5, 0.6) is 11.5 Å². The SMILES string of the molecule is CCCCCCNC(=NC)NCc1ccc(OCC)c(OC)c1. The van der Waals surface area contributed by atoms with Crippen LogP contribution < -0.4 is 20.1 Å². The van der Waals surface area contributed by atoms with Crippen LogP contribution in [0.15, 0.2) is 23.2 Å². The third-order valence-electron chi connectivity index (χ3n) is 3.53. The van der Waals surface area contributed by atoms with Crippen molar-refractivity contribution in [3.63, 3.8) is 0 Å². The van der Waals surface area contributed by atoms with Gasteiger partial charge in [0.25, 0.3) is 0 Å². The fourth-order valence-electron chi connectivity index (χ4n) is 2.26. The van der Waals surface area contributed by atoms with E-state index in [0.717, 1.165) is 29.6 Å². The molecule has 0 heterocycles. The molecule has 0 aromatic heterocycles. The predicted molar refractivity (Wildman–Crippen MR) is 96.5 cm³/mol. The summed E-state index contributed by atoms with van der Waals surface area (Å²) in [6, 6.07) is 5.97. The van der Waals surface area contributed by atoms with E-state index in [1.807, 2.05) is 25.1 Å². The van der Waals surface area contributed by atoms with Gasteiger partial charge in [0.2, 0.25) is 0 Å². The van der Waals surface area contributed by atoms with E-state index >= 15 is 0 Å². The van der Waals surface area contributed by atoms with E-state index in [0.29, 0.717) is 13.2 Å². The predicted octanol–water partition coefficient (Wildman–Crippen LogP) is 3.34. The van der Waals surface area contributed by atoms with E-state index in [-0.39, 0.29) is 0 Å². The number of benzene rings is 1. The van der Waals surface area contributed by atoms with E-state index in [1.54, 1.807) is 14.2 Å². The fourth-order valence-corrected chi connectivity index (χ4v) is 2.26. The van der Waals surface area contributed by atoms with Crippen LogP contribution in [0.1, 0.15) is 45.1 Å². The highest BCUT2D eigenvalue weighted by atomic mass is 16.5. The van der Waals surface area contributed by atoms with Gasteiger partial charge in [0.1, 0.15) is 0 Å². The van der Waals surface area contributed by atoms with Crippen molar-refractivity contribution in [2.24, 2.45) is 4.99 Å². The van der Waals surface area contributed by atoms with Crippen molar-refractivity contribution in [2.45, 2.75) is 46.1 Å². The Bertz CT molecular complexity index is 475. The Kier molecular flexibility index (Phi) is 9.68. The van der Waals surface area contributed by atoms with Crippen LogP contribution in [0.25, 0.3) is 0 Å². The van der Waals surface area contributed by atoms with Gasteiger partial charge in [0.15, 0.2) is 17.5 Å². The van der Waals surface area contributed by atoms with Crippen molar-refractivity contribution in [3.05, 3.63) is 23.8 Å². The molecule has 5 heteroatoms. The van der Waals surface area contributed by atoms with E-state index < -0.39 is 0 Å². The molecule has 0 atom stereocenters. The number of rotatable bonds is 10. The average molecular weight is 321 g/mol. The molecule has 0 aliphatic heterocycles. The maximum Gasteiger partial charge on any atom is 0.191 e.